The van der Waals surface area contributed by atoms with Gasteiger partial charge in [0.15, 0.2) is 0 Å². The first-order chi connectivity index (χ1) is 16.9. The van der Waals surface area contributed by atoms with Gasteiger partial charge in [0.1, 0.15) is 0 Å². The minimum absolute atomic E-state index is 0.0299. The Bertz CT molecular complexity index is 507. The lowest BCUT2D eigenvalue weighted by Gasteiger charge is -2.15. The lowest BCUT2D eigenvalue weighted by molar-refractivity contribution is 0.0260. The van der Waals surface area contributed by atoms with Crippen molar-refractivity contribution in [1.29, 1.82) is 0 Å². The third kappa shape index (κ3) is 20.8. The number of aliphatic hydroxyl groups is 1. The van der Waals surface area contributed by atoms with E-state index in [-0.39, 0.29) is 12.7 Å². The predicted octanol–water partition coefficient (Wildman–Crippen LogP) is 9.38. The minimum Gasteiger partial charge on any atom is -0.394 e. The molecule has 0 radical (unpaired) electrons. The number of benzene rings is 1. The van der Waals surface area contributed by atoms with Crippen LogP contribution in [0.4, 0.5) is 0 Å². The molecule has 0 saturated carbocycles. The molecule has 0 heterocycles. The van der Waals surface area contributed by atoms with E-state index < -0.39 is 0 Å². The van der Waals surface area contributed by atoms with E-state index in [1.165, 1.54) is 127 Å². The zero-order chi connectivity index (χ0) is 24.4. The van der Waals surface area contributed by atoms with Crippen molar-refractivity contribution < 1.29 is 9.84 Å². The van der Waals surface area contributed by atoms with Crippen molar-refractivity contribution in [2.75, 3.05) is 24.7 Å². The van der Waals surface area contributed by atoms with Crippen LogP contribution in [0, 0.1) is 0 Å². The van der Waals surface area contributed by atoms with Gasteiger partial charge in [-0.25, -0.2) is 0 Å². The topological polar surface area (TPSA) is 29.5 Å². The van der Waals surface area contributed by atoms with Crippen LogP contribution in [0.25, 0.3) is 0 Å². The monoisotopic (exact) mass is 492 g/mol. The van der Waals surface area contributed by atoms with Crippen molar-refractivity contribution in [2.45, 2.75) is 135 Å². The molecule has 0 aliphatic carbocycles. The Morgan fingerprint density at radius 1 is 0.676 bits per heavy atom. The quantitative estimate of drug-likeness (QED) is 0.131. The first-order valence-corrected chi connectivity index (χ1v) is 15.9. The van der Waals surface area contributed by atoms with E-state index in [2.05, 4.69) is 37.3 Å². The van der Waals surface area contributed by atoms with Crippen molar-refractivity contribution in [3.63, 3.8) is 0 Å². The van der Waals surface area contributed by atoms with Crippen molar-refractivity contribution >= 4 is 11.8 Å². The van der Waals surface area contributed by atoms with Gasteiger partial charge in [0.25, 0.3) is 0 Å². The second kappa shape index (κ2) is 25.6. The standard InChI is InChI=1S/C31H56O2S/c1-2-3-4-5-6-12-15-21-26-33-31(28-32)29-34-27-22-16-13-10-8-7-9-11-14-18-23-30-24-19-17-20-25-30/h17,19-20,24-25,31-32H,2-16,18,21-23,26-29H2,1H3/t31-/m0/s1. The van der Waals surface area contributed by atoms with E-state index in [1.807, 2.05) is 11.8 Å². The van der Waals surface area contributed by atoms with Crippen molar-refractivity contribution in [1.82, 2.24) is 0 Å². The number of aliphatic hydroxyl groups excluding tert-OH is 1. The summed E-state index contributed by atoms with van der Waals surface area (Å²) in [6.07, 6.45) is 25.7. The maximum Gasteiger partial charge on any atom is 0.0895 e. The second-order valence-electron chi connectivity index (χ2n) is 10.00. The molecule has 1 aromatic carbocycles. The Morgan fingerprint density at radius 2 is 1.21 bits per heavy atom. The van der Waals surface area contributed by atoms with Crippen LogP contribution in [-0.2, 0) is 11.2 Å². The predicted molar refractivity (Wildman–Crippen MR) is 153 cm³/mol. The van der Waals surface area contributed by atoms with Crippen LogP contribution in [0.15, 0.2) is 30.3 Å². The van der Waals surface area contributed by atoms with Gasteiger partial charge < -0.3 is 9.84 Å². The van der Waals surface area contributed by atoms with E-state index in [0.717, 1.165) is 18.8 Å². The van der Waals surface area contributed by atoms with E-state index in [9.17, 15) is 5.11 Å². The molecule has 3 heteroatoms. The normalized spacial score (nSPS) is 12.3. The summed E-state index contributed by atoms with van der Waals surface area (Å²) in [5.41, 5.74) is 1.49. The number of hydrogen-bond acceptors (Lipinski definition) is 3. The fourth-order valence-electron chi connectivity index (χ4n) is 4.45. The lowest BCUT2D eigenvalue weighted by Crippen LogP contribution is -2.21. The van der Waals surface area contributed by atoms with Gasteiger partial charge in [-0.2, -0.15) is 11.8 Å². The highest BCUT2D eigenvalue weighted by molar-refractivity contribution is 7.99. The van der Waals surface area contributed by atoms with Gasteiger partial charge in [-0.05, 0) is 37.0 Å². The first-order valence-electron chi connectivity index (χ1n) is 14.7. The number of unbranched alkanes of at least 4 members (excludes halogenated alkanes) is 16. The summed E-state index contributed by atoms with van der Waals surface area (Å²) in [4.78, 5) is 0. The molecular formula is C31H56O2S. The second-order valence-corrected chi connectivity index (χ2v) is 11.1. The summed E-state index contributed by atoms with van der Waals surface area (Å²) < 4.78 is 5.90. The van der Waals surface area contributed by atoms with Crippen LogP contribution in [0.2, 0.25) is 0 Å². The van der Waals surface area contributed by atoms with Crippen molar-refractivity contribution in [2.24, 2.45) is 0 Å². The molecule has 0 spiro atoms. The Hall–Kier alpha value is -0.510. The summed E-state index contributed by atoms with van der Waals surface area (Å²) in [6.45, 7) is 3.25. The molecule has 1 rings (SSSR count). The Kier molecular flexibility index (Phi) is 23.7. The molecular weight excluding hydrogens is 436 g/mol. The smallest absolute Gasteiger partial charge is 0.0895 e. The molecule has 0 aliphatic heterocycles. The molecule has 0 aliphatic rings. The molecule has 1 aromatic rings. The average Bonchev–Trinajstić information content (AvgIpc) is 2.87. The van der Waals surface area contributed by atoms with E-state index in [4.69, 9.17) is 4.74 Å². The van der Waals surface area contributed by atoms with Crippen LogP contribution >= 0.6 is 11.8 Å². The highest BCUT2D eigenvalue weighted by Crippen LogP contribution is 2.15. The zero-order valence-electron chi connectivity index (χ0n) is 22.5. The fourth-order valence-corrected chi connectivity index (χ4v) is 5.49. The Morgan fingerprint density at radius 3 is 1.79 bits per heavy atom. The molecule has 0 saturated heterocycles. The molecule has 0 aromatic heterocycles. The van der Waals surface area contributed by atoms with Crippen LogP contribution in [0.1, 0.15) is 128 Å². The Labute approximate surface area is 217 Å². The van der Waals surface area contributed by atoms with Crippen LogP contribution in [0.3, 0.4) is 0 Å². The van der Waals surface area contributed by atoms with Crippen molar-refractivity contribution in [3.8, 4) is 0 Å². The molecule has 2 nitrogen and oxygen atoms in total. The van der Waals surface area contributed by atoms with E-state index in [0.29, 0.717) is 0 Å². The number of rotatable bonds is 26. The molecule has 0 fully saturated rings. The molecule has 0 bridgehead atoms. The number of hydrogen-bond donors (Lipinski definition) is 1. The third-order valence-corrected chi connectivity index (χ3v) is 7.89. The highest BCUT2D eigenvalue weighted by atomic mass is 32.2. The summed E-state index contributed by atoms with van der Waals surface area (Å²) in [5, 5.41) is 9.55. The van der Waals surface area contributed by atoms with Gasteiger partial charge in [-0.3, -0.25) is 0 Å². The summed E-state index contributed by atoms with van der Waals surface area (Å²) in [6, 6.07) is 10.9. The average molecular weight is 493 g/mol. The van der Waals surface area contributed by atoms with Gasteiger partial charge in [0, 0.05) is 12.4 Å². The SMILES string of the molecule is CCCCCCCCCCO[C@@H](CO)CSCCCCCCCCCCCCc1ccccc1. The number of aryl methyl sites for hydroxylation is 1. The minimum atomic E-state index is 0.0299. The third-order valence-electron chi connectivity index (χ3n) is 6.71. The molecule has 0 unspecified atom stereocenters. The Balaban J connectivity index is 1.77. The number of thioether (sulfide) groups is 1. The van der Waals surface area contributed by atoms with E-state index >= 15 is 0 Å². The molecule has 198 valence electrons. The zero-order valence-corrected chi connectivity index (χ0v) is 23.3. The number of ether oxygens (including phenoxy) is 1. The van der Waals surface area contributed by atoms with Gasteiger partial charge in [-0.1, -0.05) is 134 Å². The largest absolute Gasteiger partial charge is 0.394 e. The van der Waals surface area contributed by atoms with Gasteiger partial charge in [0.2, 0.25) is 0 Å². The van der Waals surface area contributed by atoms with Crippen LogP contribution < -0.4 is 0 Å². The van der Waals surface area contributed by atoms with Gasteiger partial charge >= 0.3 is 0 Å². The van der Waals surface area contributed by atoms with Crippen LogP contribution in [0.5, 0.6) is 0 Å². The maximum atomic E-state index is 9.55. The molecule has 0 amide bonds. The fraction of sp³-hybridized carbons (Fsp3) is 0.806. The van der Waals surface area contributed by atoms with Crippen LogP contribution in [-0.4, -0.2) is 35.9 Å². The summed E-state index contributed by atoms with van der Waals surface area (Å²) in [5.74, 6) is 2.15. The highest BCUT2D eigenvalue weighted by Gasteiger charge is 2.07. The van der Waals surface area contributed by atoms with Crippen molar-refractivity contribution in [3.05, 3.63) is 35.9 Å². The maximum absolute atomic E-state index is 9.55. The lowest BCUT2D eigenvalue weighted by atomic mass is 10.0. The van der Waals surface area contributed by atoms with Gasteiger partial charge in [-0.15, -0.1) is 0 Å². The molecule has 1 atom stereocenters. The molecule has 34 heavy (non-hydrogen) atoms. The van der Waals surface area contributed by atoms with Gasteiger partial charge in [0.05, 0.1) is 12.7 Å². The summed E-state index contributed by atoms with van der Waals surface area (Å²) >= 11 is 1.96. The first kappa shape index (κ1) is 31.5. The van der Waals surface area contributed by atoms with E-state index in [1.54, 1.807) is 0 Å². The summed E-state index contributed by atoms with van der Waals surface area (Å²) in [7, 11) is 0. The molecule has 1 N–H and O–H groups in total.